The van der Waals surface area contributed by atoms with Gasteiger partial charge in [0, 0.05) is 10.2 Å². The van der Waals surface area contributed by atoms with E-state index in [1.165, 1.54) is 28.9 Å². The van der Waals surface area contributed by atoms with Crippen molar-refractivity contribution in [3.05, 3.63) is 28.2 Å². The number of benzene rings is 1. The van der Waals surface area contributed by atoms with Gasteiger partial charge in [-0.3, -0.25) is 0 Å². The van der Waals surface area contributed by atoms with Gasteiger partial charge in [0.05, 0.1) is 7.11 Å². The van der Waals surface area contributed by atoms with E-state index in [9.17, 15) is 0 Å². The Balaban J connectivity index is 1.86. The van der Waals surface area contributed by atoms with Gasteiger partial charge in [-0.05, 0) is 48.5 Å². The maximum absolute atomic E-state index is 5.23. The van der Waals surface area contributed by atoms with Crippen LogP contribution in [0.4, 0.5) is 0 Å². The summed E-state index contributed by atoms with van der Waals surface area (Å²) in [6.45, 7) is 2.37. The van der Waals surface area contributed by atoms with Crippen molar-refractivity contribution in [1.29, 1.82) is 0 Å². The van der Waals surface area contributed by atoms with Gasteiger partial charge in [0.1, 0.15) is 5.75 Å². The van der Waals surface area contributed by atoms with Gasteiger partial charge in [0.2, 0.25) is 0 Å². The van der Waals surface area contributed by atoms with E-state index in [0.29, 0.717) is 0 Å². The Kier molecular flexibility index (Phi) is 4.55. The summed E-state index contributed by atoms with van der Waals surface area (Å²) in [5.41, 5.74) is 1.32. The summed E-state index contributed by atoms with van der Waals surface area (Å²) in [5, 5.41) is 3.30. The van der Waals surface area contributed by atoms with Crippen LogP contribution in [0.15, 0.2) is 22.7 Å². The average molecular weight is 302 g/mol. The largest absolute Gasteiger partial charge is 0.497 e. The summed E-state index contributed by atoms with van der Waals surface area (Å²) in [4.78, 5) is 0. The van der Waals surface area contributed by atoms with Crippen molar-refractivity contribution in [2.75, 3.05) is 26.0 Å². The lowest BCUT2D eigenvalue weighted by Gasteiger charge is -2.26. The van der Waals surface area contributed by atoms with Crippen LogP contribution in [0, 0.1) is 5.92 Å². The second-order valence-electron chi connectivity index (χ2n) is 4.00. The van der Waals surface area contributed by atoms with E-state index in [2.05, 4.69) is 33.4 Å². The van der Waals surface area contributed by atoms with Crippen molar-refractivity contribution in [1.82, 2.24) is 5.32 Å². The molecule has 1 N–H and O–H groups in total. The highest BCUT2D eigenvalue weighted by atomic mass is 79.9. The second-order valence-corrected chi connectivity index (χ2v) is 5.88. The summed E-state index contributed by atoms with van der Waals surface area (Å²) in [5.74, 6) is 4.10. The smallest absolute Gasteiger partial charge is 0.119 e. The normalized spacial score (nSPS) is 15.9. The first-order valence-corrected chi connectivity index (χ1v) is 7.35. The minimum absolute atomic E-state index is 0.870. The molecule has 1 saturated heterocycles. The summed E-state index contributed by atoms with van der Waals surface area (Å²) in [6.07, 6.45) is 0. The molecule has 0 saturated carbocycles. The van der Waals surface area contributed by atoms with Crippen molar-refractivity contribution in [3.8, 4) is 5.75 Å². The van der Waals surface area contributed by atoms with Crippen molar-refractivity contribution in [3.63, 3.8) is 0 Å². The third kappa shape index (κ3) is 3.15. The molecule has 1 aromatic rings. The molecule has 2 nitrogen and oxygen atoms in total. The van der Waals surface area contributed by atoms with Crippen molar-refractivity contribution in [2.45, 2.75) is 5.75 Å². The van der Waals surface area contributed by atoms with Gasteiger partial charge in [0.15, 0.2) is 0 Å². The quantitative estimate of drug-likeness (QED) is 0.903. The predicted molar refractivity (Wildman–Crippen MR) is 73.2 cm³/mol. The minimum Gasteiger partial charge on any atom is -0.497 e. The van der Waals surface area contributed by atoms with Crippen LogP contribution in [-0.2, 0) is 5.75 Å². The molecule has 1 fully saturated rings. The van der Waals surface area contributed by atoms with Crippen molar-refractivity contribution >= 4 is 27.7 Å². The molecule has 1 aliphatic heterocycles. The van der Waals surface area contributed by atoms with E-state index >= 15 is 0 Å². The molecule has 0 spiro atoms. The first-order valence-electron chi connectivity index (χ1n) is 5.40. The highest BCUT2D eigenvalue weighted by Crippen LogP contribution is 2.27. The first-order chi connectivity index (χ1) is 7.79. The van der Waals surface area contributed by atoms with Gasteiger partial charge in [-0.2, -0.15) is 11.8 Å². The standard InChI is InChI=1S/C12H16BrNOS/c1-15-11-2-3-12(13)10(4-11)8-16-7-9-5-14-6-9/h2-4,9,14H,5-8H2,1H3. The van der Waals surface area contributed by atoms with Crippen LogP contribution in [0.3, 0.4) is 0 Å². The number of thioether (sulfide) groups is 1. The van der Waals surface area contributed by atoms with Crippen LogP contribution in [0.1, 0.15) is 5.56 Å². The van der Waals surface area contributed by atoms with Crippen LogP contribution in [-0.4, -0.2) is 26.0 Å². The van der Waals surface area contributed by atoms with Crippen LogP contribution in [0.2, 0.25) is 0 Å². The number of ether oxygens (including phenoxy) is 1. The fourth-order valence-electron chi connectivity index (χ4n) is 1.59. The van der Waals surface area contributed by atoms with Gasteiger partial charge >= 0.3 is 0 Å². The van der Waals surface area contributed by atoms with E-state index in [1.807, 2.05) is 17.8 Å². The lowest BCUT2D eigenvalue weighted by atomic mass is 10.1. The number of rotatable bonds is 5. The molecule has 88 valence electrons. The molecule has 4 heteroatoms. The molecule has 0 aromatic heterocycles. The van der Waals surface area contributed by atoms with Gasteiger partial charge in [-0.1, -0.05) is 15.9 Å². The SMILES string of the molecule is COc1ccc(Br)c(CSCC2CNC2)c1. The Hall–Kier alpha value is -0.190. The monoisotopic (exact) mass is 301 g/mol. The molecule has 0 bridgehead atoms. The summed E-state index contributed by atoms with van der Waals surface area (Å²) in [7, 11) is 1.71. The lowest BCUT2D eigenvalue weighted by molar-refractivity contribution is 0.385. The van der Waals surface area contributed by atoms with E-state index < -0.39 is 0 Å². The fraction of sp³-hybridized carbons (Fsp3) is 0.500. The summed E-state index contributed by atoms with van der Waals surface area (Å²) in [6, 6.07) is 6.14. The Morgan fingerprint density at radius 3 is 2.94 bits per heavy atom. The highest BCUT2D eigenvalue weighted by molar-refractivity contribution is 9.10. The van der Waals surface area contributed by atoms with E-state index in [0.717, 1.165) is 17.4 Å². The van der Waals surface area contributed by atoms with Gasteiger partial charge in [-0.15, -0.1) is 0 Å². The molecule has 1 aromatic carbocycles. The molecule has 0 atom stereocenters. The van der Waals surface area contributed by atoms with Crippen molar-refractivity contribution < 1.29 is 4.74 Å². The van der Waals surface area contributed by atoms with E-state index in [1.54, 1.807) is 7.11 Å². The molecular weight excluding hydrogens is 286 g/mol. The highest BCUT2D eigenvalue weighted by Gasteiger charge is 2.16. The Bertz CT molecular complexity index is 355. The molecule has 0 amide bonds. The molecule has 1 heterocycles. The third-order valence-electron chi connectivity index (χ3n) is 2.73. The van der Waals surface area contributed by atoms with Crippen LogP contribution >= 0.6 is 27.7 Å². The molecular formula is C12H16BrNOS. The zero-order valence-electron chi connectivity index (χ0n) is 9.33. The molecule has 16 heavy (non-hydrogen) atoms. The zero-order valence-corrected chi connectivity index (χ0v) is 11.7. The van der Waals surface area contributed by atoms with Crippen LogP contribution in [0.5, 0.6) is 5.75 Å². The number of methoxy groups -OCH3 is 1. The molecule has 0 aliphatic carbocycles. The Labute approximate surface area is 109 Å². The molecule has 1 aliphatic rings. The number of halogens is 1. The van der Waals surface area contributed by atoms with Gasteiger partial charge in [-0.25, -0.2) is 0 Å². The summed E-state index contributed by atoms with van der Waals surface area (Å²) >= 11 is 5.57. The lowest BCUT2D eigenvalue weighted by Crippen LogP contribution is -2.43. The molecule has 0 radical (unpaired) electrons. The van der Waals surface area contributed by atoms with Gasteiger partial charge < -0.3 is 10.1 Å². The van der Waals surface area contributed by atoms with Crippen LogP contribution in [0.25, 0.3) is 0 Å². The summed E-state index contributed by atoms with van der Waals surface area (Å²) < 4.78 is 6.40. The van der Waals surface area contributed by atoms with E-state index in [4.69, 9.17) is 4.74 Å². The second kappa shape index (κ2) is 5.94. The fourth-order valence-corrected chi connectivity index (χ4v) is 3.31. The predicted octanol–water partition coefficient (Wildman–Crippen LogP) is 2.91. The number of hydrogen-bond acceptors (Lipinski definition) is 3. The average Bonchev–Trinajstić information content (AvgIpc) is 2.24. The van der Waals surface area contributed by atoms with E-state index in [-0.39, 0.29) is 0 Å². The third-order valence-corrected chi connectivity index (χ3v) is 4.73. The Morgan fingerprint density at radius 2 is 2.31 bits per heavy atom. The maximum atomic E-state index is 5.23. The molecule has 2 rings (SSSR count). The van der Waals surface area contributed by atoms with Crippen molar-refractivity contribution in [2.24, 2.45) is 5.92 Å². The Morgan fingerprint density at radius 1 is 1.50 bits per heavy atom. The minimum atomic E-state index is 0.870. The topological polar surface area (TPSA) is 21.3 Å². The number of nitrogens with one attached hydrogen (secondary N) is 1. The van der Waals surface area contributed by atoms with Gasteiger partial charge in [0.25, 0.3) is 0 Å². The van der Waals surface area contributed by atoms with Crippen LogP contribution < -0.4 is 10.1 Å². The number of hydrogen-bond donors (Lipinski definition) is 1. The first kappa shape index (κ1) is 12.3. The maximum Gasteiger partial charge on any atom is 0.119 e. The molecule has 0 unspecified atom stereocenters. The zero-order chi connectivity index (χ0) is 11.4.